The predicted molar refractivity (Wildman–Crippen MR) is 136 cm³/mol. The van der Waals surface area contributed by atoms with Crippen LogP contribution in [0.25, 0.3) is 0 Å². The first-order valence-corrected chi connectivity index (χ1v) is 13.7. The van der Waals surface area contributed by atoms with Gasteiger partial charge in [0.05, 0.1) is 18.8 Å². The molecule has 0 unspecified atom stereocenters. The summed E-state index contributed by atoms with van der Waals surface area (Å²) < 4.78 is 0. The van der Waals surface area contributed by atoms with Crippen LogP contribution in [0.15, 0.2) is 23.3 Å². The zero-order valence-electron chi connectivity index (χ0n) is 22.3. The van der Waals surface area contributed by atoms with Crippen LogP contribution in [0.5, 0.6) is 0 Å². The van der Waals surface area contributed by atoms with Crippen molar-refractivity contribution in [3.05, 3.63) is 23.3 Å². The summed E-state index contributed by atoms with van der Waals surface area (Å²) in [5, 5.41) is 32.0. The Kier molecular flexibility index (Phi) is 6.55. The maximum absolute atomic E-state index is 11.9. The molecular formula is C30H50O3. The lowest BCUT2D eigenvalue weighted by Gasteiger charge is -2.67. The summed E-state index contributed by atoms with van der Waals surface area (Å²) in [7, 11) is 0. The second kappa shape index (κ2) is 8.49. The summed E-state index contributed by atoms with van der Waals surface area (Å²) in [6.07, 6.45) is 12.6. The molecule has 0 saturated heterocycles. The highest BCUT2D eigenvalue weighted by molar-refractivity contribution is 5.31. The number of rotatable bonds is 5. The maximum Gasteiger partial charge on any atom is 0.0639 e. The van der Waals surface area contributed by atoms with Crippen LogP contribution >= 0.6 is 0 Å². The molecule has 3 fully saturated rings. The van der Waals surface area contributed by atoms with Crippen molar-refractivity contribution in [3.63, 3.8) is 0 Å². The van der Waals surface area contributed by atoms with E-state index in [1.54, 1.807) is 0 Å². The summed E-state index contributed by atoms with van der Waals surface area (Å²) in [5.41, 5.74) is 2.58. The quantitative estimate of drug-likeness (QED) is 0.425. The van der Waals surface area contributed by atoms with Gasteiger partial charge in [-0.05, 0) is 92.8 Å². The Morgan fingerprint density at radius 2 is 1.76 bits per heavy atom. The minimum Gasteiger partial charge on any atom is -0.393 e. The van der Waals surface area contributed by atoms with Gasteiger partial charge in [0.15, 0.2) is 0 Å². The average molecular weight is 459 g/mol. The zero-order valence-corrected chi connectivity index (χ0v) is 22.3. The lowest BCUT2D eigenvalue weighted by Crippen LogP contribution is -2.64. The number of aliphatic hydroxyl groups is 3. The average Bonchev–Trinajstić information content (AvgIpc) is 3.02. The number of hydrogen-bond acceptors (Lipinski definition) is 3. The molecule has 0 aromatic rings. The molecule has 0 radical (unpaired) electrons. The third-order valence-corrected chi connectivity index (χ3v) is 12.0. The Labute approximate surface area is 202 Å². The van der Waals surface area contributed by atoms with Crippen LogP contribution in [-0.4, -0.2) is 34.1 Å². The van der Waals surface area contributed by atoms with Crippen molar-refractivity contribution in [1.82, 2.24) is 0 Å². The van der Waals surface area contributed by atoms with Gasteiger partial charge in [-0.15, -0.1) is 0 Å². The van der Waals surface area contributed by atoms with E-state index in [-0.39, 0.29) is 40.5 Å². The standard InChI is InChI=1S/C30H50O3/c1-19(18-31)9-8-10-20(2)21-15-16-28(5)24-13-11-22-23(12-14-25(32)27(22,3)4)30(24,7)26(33)17-29(21,28)6/h9,11,20-21,23-26,31-33H,8,10,12-18H2,1-7H3/b19-9-/t20-,21-,23-,24+,25+,26-,28+,29-,30+/m1/s1. The molecule has 9 atom stereocenters. The fraction of sp³-hybridized carbons (Fsp3) is 0.867. The topological polar surface area (TPSA) is 60.7 Å². The normalized spacial score (nSPS) is 47.9. The molecule has 3 heteroatoms. The molecule has 0 aliphatic heterocycles. The Balaban J connectivity index is 1.64. The van der Waals surface area contributed by atoms with Crippen molar-refractivity contribution in [1.29, 1.82) is 0 Å². The minimum absolute atomic E-state index is 0.102. The van der Waals surface area contributed by atoms with Gasteiger partial charge in [0.25, 0.3) is 0 Å². The van der Waals surface area contributed by atoms with Crippen molar-refractivity contribution in [2.24, 2.45) is 45.3 Å². The SMILES string of the molecule is C/C(=C/CC[C@@H](C)[C@H]1CC[C@@]2(C)[C@@H]3CC=C4[C@@H](CC[C@H](O)C4(C)C)[C@]3(C)[C@H](O)C[C@]12C)CO. The van der Waals surface area contributed by atoms with E-state index in [4.69, 9.17) is 0 Å². The van der Waals surface area contributed by atoms with E-state index in [0.29, 0.717) is 23.7 Å². The molecule has 4 rings (SSSR count). The van der Waals surface area contributed by atoms with Crippen molar-refractivity contribution >= 4 is 0 Å². The number of hydrogen-bond donors (Lipinski definition) is 3. The van der Waals surface area contributed by atoms with Gasteiger partial charge in [0, 0.05) is 10.8 Å². The van der Waals surface area contributed by atoms with Crippen molar-refractivity contribution < 1.29 is 15.3 Å². The van der Waals surface area contributed by atoms with E-state index in [2.05, 4.69) is 53.7 Å². The van der Waals surface area contributed by atoms with Crippen molar-refractivity contribution in [2.75, 3.05) is 6.61 Å². The molecule has 0 heterocycles. The molecule has 4 aliphatic rings. The first-order valence-electron chi connectivity index (χ1n) is 13.7. The van der Waals surface area contributed by atoms with Crippen LogP contribution in [0.4, 0.5) is 0 Å². The van der Waals surface area contributed by atoms with Gasteiger partial charge in [0.1, 0.15) is 0 Å². The molecule has 0 aromatic heterocycles. The highest BCUT2D eigenvalue weighted by atomic mass is 16.3. The van der Waals surface area contributed by atoms with E-state index in [9.17, 15) is 15.3 Å². The van der Waals surface area contributed by atoms with Crippen molar-refractivity contribution in [2.45, 2.75) is 112 Å². The third-order valence-electron chi connectivity index (χ3n) is 12.0. The Bertz CT molecular complexity index is 811. The summed E-state index contributed by atoms with van der Waals surface area (Å²) in [5.74, 6) is 2.13. The predicted octanol–water partition coefficient (Wildman–Crippen LogP) is 6.28. The molecule has 188 valence electrons. The third kappa shape index (κ3) is 3.54. The van der Waals surface area contributed by atoms with E-state index in [0.717, 1.165) is 44.1 Å². The van der Waals surface area contributed by atoms with Gasteiger partial charge in [-0.3, -0.25) is 0 Å². The Hall–Kier alpha value is -0.640. The second-order valence-electron chi connectivity index (χ2n) is 13.6. The maximum atomic E-state index is 11.9. The van der Waals surface area contributed by atoms with E-state index < -0.39 is 0 Å². The molecule has 0 aromatic carbocycles. The molecule has 3 N–H and O–H groups in total. The fourth-order valence-electron chi connectivity index (χ4n) is 9.52. The molecular weight excluding hydrogens is 408 g/mol. The first kappa shape index (κ1) is 25.5. The number of aliphatic hydroxyl groups excluding tert-OH is 3. The van der Waals surface area contributed by atoms with E-state index >= 15 is 0 Å². The van der Waals surface area contributed by atoms with Gasteiger partial charge in [0.2, 0.25) is 0 Å². The Morgan fingerprint density at radius 3 is 2.42 bits per heavy atom. The molecule has 0 amide bonds. The lowest BCUT2D eigenvalue weighted by atomic mass is 9.38. The lowest BCUT2D eigenvalue weighted by molar-refractivity contribution is -0.204. The summed E-state index contributed by atoms with van der Waals surface area (Å²) in [4.78, 5) is 0. The van der Waals surface area contributed by atoms with Crippen LogP contribution in [0.2, 0.25) is 0 Å². The van der Waals surface area contributed by atoms with Gasteiger partial charge < -0.3 is 15.3 Å². The fourth-order valence-corrected chi connectivity index (χ4v) is 9.52. The minimum atomic E-state index is -0.287. The molecule has 3 nitrogen and oxygen atoms in total. The molecule has 3 saturated carbocycles. The highest BCUT2D eigenvalue weighted by Gasteiger charge is 2.70. The van der Waals surface area contributed by atoms with Gasteiger partial charge >= 0.3 is 0 Å². The van der Waals surface area contributed by atoms with Gasteiger partial charge in [-0.1, -0.05) is 64.8 Å². The van der Waals surface area contributed by atoms with Crippen LogP contribution in [0.3, 0.4) is 0 Å². The smallest absolute Gasteiger partial charge is 0.0639 e. The van der Waals surface area contributed by atoms with Crippen LogP contribution < -0.4 is 0 Å². The monoisotopic (exact) mass is 458 g/mol. The van der Waals surface area contributed by atoms with Gasteiger partial charge in [-0.2, -0.15) is 0 Å². The number of allylic oxidation sites excluding steroid dienone is 2. The number of fused-ring (bicyclic) bond motifs is 5. The summed E-state index contributed by atoms with van der Waals surface area (Å²) in [6.45, 7) is 16.5. The van der Waals surface area contributed by atoms with E-state index in [1.807, 2.05) is 6.92 Å². The van der Waals surface area contributed by atoms with Gasteiger partial charge in [-0.25, -0.2) is 0 Å². The van der Waals surface area contributed by atoms with Crippen LogP contribution in [0, 0.1) is 45.3 Å². The summed E-state index contributed by atoms with van der Waals surface area (Å²) in [6, 6.07) is 0. The largest absolute Gasteiger partial charge is 0.393 e. The van der Waals surface area contributed by atoms with Crippen LogP contribution in [0.1, 0.15) is 99.8 Å². The molecule has 0 spiro atoms. The second-order valence-corrected chi connectivity index (χ2v) is 13.6. The zero-order chi connectivity index (χ0) is 24.4. The first-order chi connectivity index (χ1) is 15.3. The molecule has 4 aliphatic carbocycles. The summed E-state index contributed by atoms with van der Waals surface area (Å²) >= 11 is 0. The highest BCUT2D eigenvalue weighted by Crippen LogP contribution is 2.74. The molecule has 33 heavy (non-hydrogen) atoms. The molecule has 0 bridgehead atoms. The van der Waals surface area contributed by atoms with E-state index in [1.165, 1.54) is 18.4 Å². The van der Waals surface area contributed by atoms with Crippen molar-refractivity contribution in [3.8, 4) is 0 Å². The van der Waals surface area contributed by atoms with Crippen LogP contribution in [-0.2, 0) is 0 Å². The Morgan fingerprint density at radius 1 is 1.06 bits per heavy atom.